The van der Waals surface area contributed by atoms with Gasteiger partial charge in [-0.15, -0.1) is 0 Å². The molecular weight excluding hydrogens is 166 g/mol. The maximum absolute atomic E-state index is 5.89. The predicted molar refractivity (Wildman–Crippen MR) is 50.2 cm³/mol. The summed E-state index contributed by atoms with van der Waals surface area (Å²) in [6, 6.07) is 3.91. The van der Waals surface area contributed by atoms with E-state index in [4.69, 9.17) is 15.2 Å². The van der Waals surface area contributed by atoms with Crippen LogP contribution in [0, 0.1) is 6.92 Å². The molecule has 0 spiro atoms. The van der Waals surface area contributed by atoms with E-state index >= 15 is 0 Å². The molecule has 0 aliphatic carbocycles. The smallest absolute Gasteiger partial charge is 0.166 e. The van der Waals surface area contributed by atoms with Gasteiger partial charge in [-0.25, -0.2) is 0 Å². The molecule has 70 valence electrons. The van der Waals surface area contributed by atoms with Gasteiger partial charge in [0, 0.05) is 5.56 Å². The van der Waals surface area contributed by atoms with E-state index in [0.717, 1.165) is 17.1 Å². The average Bonchev–Trinajstić information content (AvgIpc) is 2.50. The van der Waals surface area contributed by atoms with Crippen molar-refractivity contribution in [2.45, 2.75) is 13.0 Å². The molecule has 0 unspecified atom stereocenters. The van der Waals surface area contributed by atoms with Crippen LogP contribution in [0.25, 0.3) is 0 Å². The molecule has 0 amide bonds. The van der Waals surface area contributed by atoms with Gasteiger partial charge >= 0.3 is 0 Å². The van der Waals surface area contributed by atoms with Crippen molar-refractivity contribution in [1.29, 1.82) is 0 Å². The second kappa shape index (κ2) is 2.92. The van der Waals surface area contributed by atoms with Gasteiger partial charge in [-0.05, 0) is 18.6 Å². The highest BCUT2D eigenvalue weighted by Crippen LogP contribution is 2.40. The van der Waals surface area contributed by atoms with Crippen LogP contribution >= 0.6 is 0 Å². The third-order valence-electron chi connectivity index (χ3n) is 2.38. The molecule has 0 saturated heterocycles. The lowest BCUT2D eigenvalue weighted by molar-refractivity contribution is 0.311. The molecule has 0 radical (unpaired) electrons. The Balaban J connectivity index is 2.59. The highest BCUT2D eigenvalue weighted by molar-refractivity contribution is 5.53. The molecule has 1 aliphatic heterocycles. The summed E-state index contributed by atoms with van der Waals surface area (Å²) in [4.78, 5) is 0. The summed E-state index contributed by atoms with van der Waals surface area (Å²) in [5, 5.41) is 0. The Bertz CT molecular complexity index is 336. The zero-order valence-electron chi connectivity index (χ0n) is 7.83. The number of ether oxygens (including phenoxy) is 2. The van der Waals surface area contributed by atoms with Crippen LogP contribution in [-0.4, -0.2) is 13.7 Å². The SMILES string of the molecule is COc1ccc(C)c2c1OC[C@H]2N. The van der Waals surface area contributed by atoms with E-state index in [0.29, 0.717) is 6.61 Å². The van der Waals surface area contributed by atoms with Crippen LogP contribution in [0.15, 0.2) is 12.1 Å². The summed E-state index contributed by atoms with van der Waals surface area (Å²) in [5.41, 5.74) is 8.14. The zero-order chi connectivity index (χ0) is 9.42. The van der Waals surface area contributed by atoms with Gasteiger partial charge in [0.05, 0.1) is 13.2 Å². The number of nitrogens with two attached hydrogens (primary N) is 1. The summed E-state index contributed by atoms with van der Waals surface area (Å²) in [5.74, 6) is 1.59. The highest BCUT2D eigenvalue weighted by Gasteiger charge is 2.25. The Kier molecular flexibility index (Phi) is 1.88. The van der Waals surface area contributed by atoms with Crippen LogP contribution in [0.5, 0.6) is 11.5 Å². The lowest BCUT2D eigenvalue weighted by Crippen LogP contribution is -2.11. The molecule has 0 saturated carbocycles. The Morgan fingerprint density at radius 1 is 1.54 bits per heavy atom. The van der Waals surface area contributed by atoms with Crippen molar-refractivity contribution >= 4 is 0 Å². The Morgan fingerprint density at radius 3 is 3.00 bits per heavy atom. The van der Waals surface area contributed by atoms with Crippen molar-refractivity contribution < 1.29 is 9.47 Å². The highest BCUT2D eigenvalue weighted by atomic mass is 16.5. The topological polar surface area (TPSA) is 44.5 Å². The van der Waals surface area contributed by atoms with E-state index in [-0.39, 0.29) is 6.04 Å². The van der Waals surface area contributed by atoms with Gasteiger partial charge in [-0.1, -0.05) is 6.07 Å². The Morgan fingerprint density at radius 2 is 2.31 bits per heavy atom. The Hall–Kier alpha value is -1.22. The van der Waals surface area contributed by atoms with E-state index in [1.165, 1.54) is 5.56 Å². The summed E-state index contributed by atoms with van der Waals surface area (Å²) in [6.07, 6.45) is 0. The average molecular weight is 179 g/mol. The number of benzene rings is 1. The van der Waals surface area contributed by atoms with Crippen molar-refractivity contribution in [2.24, 2.45) is 5.73 Å². The molecule has 3 nitrogen and oxygen atoms in total. The lowest BCUT2D eigenvalue weighted by atomic mass is 10.0. The van der Waals surface area contributed by atoms with Crippen molar-refractivity contribution in [3.63, 3.8) is 0 Å². The van der Waals surface area contributed by atoms with E-state index in [9.17, 15) is 0 Å². The molecule has 1 heterocycles. The van der Waals surface area contributed by atoms with Crippen molar-refractivity contribution in [3.05, 3.63) is 23.3 Å². The fourth-order valence-corrected chi connectivity index (χ4v) is 1.70. The fourth-order valence-electron chi connectivity index (χ4n) is 1.70. The molecule has 0 aromatic heterocycles. The zero-order valence-corrected chi connectivity index (χ0v) is 7.83. The standard InChI is InChI=1S/C10H13NO2/c1-6-3-4-8(12-2)10-9(6)7(11)5-13-10/h3-4,7H,5,11H2,1-2H3/t7-/m1/s1. The minimum absolute atomic E-state index is 0.00917. The van der Waals surface area contributed by atoms with Crippen molar-refractivity contribution in [3.8, 4) is 11.5 Å². The summed E-state index contributed by atoms with van der Waals surface area (Å²) >= 11 is 0. The van der Waals surface area contributed by atoms with E-state index in [2.05, 4.69) is 0 Å². The number of hydrogen-bond donors (Lipinski definition) is 1. The van der Waals surface area contributed by atoms with Crippen LogP contribution in [0.4, 0.5) is 0 Å². The molecule has 1 aromatic carbocycles. The molecule has 0 bridgehead atoms. The van der Waals surface area contributed by atoms with Crippen LogP contribution in [0.2, 0.25) is 0 Å². The van der Waals surface area contributed by atoms with Crippen LogP contribution in [-0.2, 0) is 0 Å². The van der Waals surface area contributed by atoms with Crippen molar-refractivity contribution in [2.75, 3.05) is 13.7 Å². The third-order valence-corrected chi connectivity index (χ3v) is 2.38. The molecule has 2 rings (SSSR count). The van der Waals surface area contributed by atoms with Gasteiger partial charge in [0.25, 0.3) is 0 Å². The first-order valence-corrected chi connectivity index (χ1v) is 4.30. The molecule has 13 heavy (non-hydrogen) atoms. The van der Waals surface area contributed by atoms with Gasteiger partial charge in [0.2, 0.25) is 0 Å². The molecular formula is C10H13NO2. The second-order valence-corrected chi connectivity index (χ2v) is 3.25. The number of fused-ring (bicyclic) bond motifs is 1. The number of rotatable bonds is 1. The largest absolute Gasteiger partial charge is 0.493 e. The molecule has 0 fully saturated rings. The number of methoxy groups -OCH3 is 1. The van der Waals surface area contributed by atoms with E-state index < -0.39 is 0 Å². The Labute approximate surface area is 77.5 Å². The predicted octanol–water partition coefficient (Wildman–Crippen LogP) is 1.40. The monoisotopic (exact) mass is 179 g/mol. The second-order valence-electron chi connectivity index (χ2n) is 3.25. The molecule has 2 N–H and O–H groups in total. The maximum Gasteiger partial charge on any atom is 0.166 e. The van der Waals surface area contributed by atoms with Crippen molar-refractivity contribution in [1.82, 2.24) is 0 Å². The molecule has 1 aromatic rings. The number of aryl methyl sites for hydroxylation is 1. The van der Waals surface area contributed by atoms with E-state index in [1.807, 2.05) is 19.1 Å². The fraction of sp³-hybridized carbons (Fsp3) is 0.400. The maximum atomic E-state index is 5.89. The van der Waals surface area contributed by atoms with Crippen LogP contribution in [0.1, 0.15) is 17.2 Å². The van der Waals surface area contributed by atoms with Gasteiger partial charge in [0.15, 0.2) is 11.5 Å². The lowest BCUT2D eigenvalue weighted by Gasteiger charge is -2.08. The first-order valence-electron chi connectivity index (χ1n) is 4.30. The third kappa shape index (κ3) is 1.16. The van der Waals surface area contributed by atoms with Gasteiger partial charge in [-0.2, -0.15) is 0 Å². The number of hydrogen-bond acceptors (Lipinski definition) is 3. The molecule has 3 heteroatoms. The molecule has 1 atom stereocenters. The minimum atomic E-state index is -0.00917. The minimum Gasteiger partial charge on any atom is -0.493 e. The van der Waals surface area contributed by atoms with Gasteiger partial charge in [0.1, 0.15) is 6.61 Å². The first kappa shape index (κ1) is 8.38. The summed E-state index contributed by atoms with van der Waals surface area (Å²) in [6.45, 7) is 2.59. The summed E-state index contributed by atoms with van der Waals surface area (Å²) in [7, 11) is 1.64. The summed E-state index contributed by atoms with van der Waals surface area (Å²) < 4.78 is 10.6. The van der Waals surface area contributed by atoms with Crippen LogP contribution in [0.3, 0.4) is 0 Å². The first-order chi connectivity index (χ1) is 6.24. The van der Waals surface area contributed by atoms with Gasteiger partial charge < -0.3 is 15.2 Å². The van der Waals surface area contributed by atoms with Gasteiger partial charge in [-0.3, -0.25) is 0 Å². The van der Waals surface area contributed by atoms with E-state index in [1.54, 1.807) is 7.11 Å². The normalized spacial score (nSPS) is 19.5. The quantitative estimate of drug-likeness (QED) is 0.708. The van der Waals surface area contributed by atoms with Crippen LogP contribution < -0.4 is 15.2 Å². The molecule has 1 aliphatic rings.